The summed E-state index contributed by atoms with van der Waals surface area (Å²) in [5.41, 5.74) is 0. The maximum absolute atomic E-state index is 6.25. The lowest BCUT2D eigenvalue weighted by atomic mass is 9.95. The fourth-order valence-electron chi connectivity index (χ4n) is 2.00. The highest BCUT2D eigenvalue weighted by molar-refractivity contribution is 6.21. The monoisotopic (exact) mass is 218 g/mol. The molecule has 14 heavy (non-hydrogen) atoms. The Labute approximate surface area is 93.0 Å². The van der Waals surface area contributed by atoms with Gasteiger partial charge in [-0.05, 0) is 46.4 Å². The Morgan fingerprint density at radius 3 is 2.64 bits per heavy atom. The molecule has 1 aliphatic rings. The molecule has 1 rings (SSSR count). The van der Waals surface area contributed by atoms with Crippen molar-refractivity contribution in [2.45, 2.75) is 43.5 Å². The summed E-state index contributed by atoms with van der Waals surface area (Å²) < 4.78 is 0. The van der Waals surface area contributed by atoms with Crippen molar-refractivity contribution >= 4 is 11.6 Å². The van der Waals surface area contributed by atoms with E-state index < -0.39 is 0 Å². The molecule has 0 spiro atoms. The van der Waals surface area contributed by atoms with Crippen LogP contribution < -0.4 is 5.32 Å². The van der Waals surface area contributed by atoms with E-state index in [9.17, 15) is 0 Å². The molecule has 0 aromatic rings. The summed E-state index contributed by atoms with van der Waals surface area (Å²) in [7, 11) is 4.23. The number of rotatable bonds is 5. The number of nitrogens with zero attached hydrogens (tertiary/aromatic N) is 1. The number of halogens is 1. The van der Waals surface area contributed by atoms with E-state index in [0.717, 1.165) is 13.1 Å². The molecule has 1 saturated carbocycles. The summed E-state index contributed by atoms with van der Waals surface area (Å²) in [4.78, 5) is 2.22. The van der Waals surface area contributed by atoms with Gasteiger partial charge in [-0.3, -0.25) is 0 Å². The first kappa shape index (κ1) is 12.3. The van der Waals surface area contributed by atoms with Crippen molar-refractivity contribution in [1.29, 1.82) is 0 Å². The zero-order valence-electron chi connectivity index (χ0n) is 9.43. The van der Waals surface area contributed by atoms with Crippen LogP contribution in [0.5, 0.6) is 0 Å². The first-order valence-electron chi connectivity index (χ1n) is 5.72. The smallest absolute Gasteiger partial charge is 0.0489 e. The van der Waals surface area contributed by atoms with Crippen LogP contribution >= 0.6 is 11.6 Å². The lowest BCUT2D eigenvalue weighted by Crippen LogP contribution is -2.40. The molecule has 0 aromatic carbocycles. The van der Waals surface area contributed by atoms with Gasteiger partial charge in [0, 0.05) is 11.4 Å². The molecule has 2 unspecified atom stereocenters. The maximum Gasteiger partial charge on any atom is 0.0489 e. The van der Waals surface area contributed by atoms with Crippen molar-refractivity contribution in [3.8, 4) is 0 Å². The minimum absolute atomic E-state index is 0.364. The summed E-state index contributed by atoms with van der Waals surface area (Å²) in [6.07, 6.45) is 6.31. The summed E-state index contributed by atoms with van der Waals surface area (Å²) in [5.74, 6) is 0. The molecule has 0 radical (unpaired) electrons. The van der Waals surface area contributed by atoms with E-state index in [-0.39, 0.29) is 0 Å². The molecule has 0 aliphatic heterocycles. The SMILES string of the molecule is CN(C)CCCNC1CCCCC1Cl. The van der Waals surface area contributed by atoms with Gasteiger partial charge in [-0.1, -0.05) is 12.8 Å². The Balaban J connectivity index is 2.04. The van der Waals surface area contributed by atoms with Crippen molar-refractivity contribution in [1.82, 2.24) is 10.2 Å². The van der Waals surface area contributed by atoms with Crippen LogP contribution in [0.2, 0.25) is 0 Å². The normalized spacial score (nSPS) is 28.3. The number of hydrogen-bond donors (Lipinski definition) is 1. The number of hydrogen-bond acceptors (Lipinski definition) is 2. The minimum atomic E-state index is 0.364. The highest BCUT2D eigenvalue weighted by atomic mass is 35.5. The topological polar surface area (TPSA) is 15.3 Å². The maximum atomic E-state index is 6.25. The van der Waals surface area contributed by atoms with Gasteiger partial charge >= 0.3 is 0 Å². The molecule has 84 valence electrons. The zero-order valence-corrected chi connectivity index (χ0v) is 10.2. The Hall–Kier alpha value is 0.210. The standard InChI is InChI=1S/C11H23ClN2/c1-14(2)9-5-8-13-11-7-4-3-6-10(11)12/h10-11,13H,3-9H2,1-2H3. The van der Waals surface area contributed by atoms with Crippen molar-refractivity contribution in [2.75, 3.05) is 27.2 Å². The van der Waals surface area contributed by atoms with E-state index >= 15 is 0 Å². The van der Waals surface area contributed by atoms with Crippen LogP contribution in [0.15, 0.2) is 0 Å². The van der Waals surface area contributed by atoms with Gasteiger partial charge in [-0.2, -0.15) is 0 Å². The molecule has 0 saturated heterocycles. The Bertz CT molecular complexity index is 150. The summed E-state index contributed by atoms with van der Waals surface area (Å²) in [6.45, 7) is 2.26. The lowest BCUT2D eigenvalue weighted by Gasteiger charge is -2.28. The zero-order chi connectivity index (χ0) is 10.4. The summed E-state index contributed by atoms with van der Waals surface area (Å²) in [6, 6.07) is 0.563. The molecular formula is C11H23ClN2. The van der Waals surface area contributed by atoms with Crippen LogP contribution in [0.3, 0.4) is 0 Å². The molecule has 3 heteroatoms. The third-order valence-electron chi connectivity index (χ3n) is 2.87. The second-order valence-electron chi connectivity index (χ2n) is 4.52. The average molecular weight is 219 g/mol. The van der Waals surface area contributed by atoms with Crippen LogP contribution in [0.25, 0.3) is 0 Å². The molecule has 0 bridgehead atoms. The van der Waals surface area contributed by atoms with Crippen molar-refractivity contribution in [2.24, 2.45) is 0 Å². The highest BCUT2D eigenvalue weighted by Gasteiger charge is 2.21. The van der Waals surface area contributed by atoms with Gasteiger partial charge in [-0.25, -0.2) is 0 Å². The Morgan fingerprint density at radius 2 is 2.00 bits per heavy atom. The first-order chi connectivity index (χ1) is 6.70. The third kappa shape index (κ3) is 4.63. The predicted molar refractivity (Wildman–Crippen MR) is 63.1 cm³/mol. The predicted octanol–water partition coefficient (Wildman–Crippen LogP) is 2.08. The minimum Gasteiger partial charge on any atom is -0.312 e. The van der Waals surface area contributed by atoms with Gasteiger partial charge < -0.3 is 10.2 Å². The third-order valence-corrected chi connectivity index (χ3v) is 3.39. The summed E-state index contributed by atoms with van der Waals surface area (Å²) in [5, 5.41) is 3.93. The first-order valence-corrected chi connectivity index (χ1v) is 6.16. The van der Waals surface area contributed by atoms with E-state index in [1.807, 2.05) is 0 Å². The van der Waals surface area contributed by atoms with Gasteiger partial charge in [0.25, 0.3) is 0 Å². The fourth-order valence-corrected chi connectivity index (χ4v) is 2.37. The van der Waals surface area contributed by atoms with Crippen LogP contribution in [0.1, 0.15) is 32.1 Å². The van der Waals surface area contributed by atoms with Gasteiger partial charge in [0.1, 0.15) is 0 Å². The van der Waals surface area contributed by atoms with E-state index in [1.165, 1.54) is 32.1 Å². The largest absolute Gasteiger partial charge is 0.312 e. The molecule has 0 amide bonds. The molecule has 0 aromatic heterocycles. The van der Waals surface area contributed by atoms with Gasteiger partial charge in [0.05, 0.1) is 0 Å². The van der Waals surface area contributed by atoms with Crippen LogP contribution in [0, 0.1) is 0 Å². The molecule has 0 heterocycles. The van der Waals surface area contributed by atoms with Crippen molar-refractivity contribution in [3.05, 3.63) is 0 Å². The van der Waals surface area contributed by atoms with Crippen LogP contribution in [0.4, 0.5) is 0 Å². The second kappa shape index (κ2) is 6.65. The van der Waals surface area contributed by atoms with E-state index in [2.05, 4.69) is 24.3 Å². The molecule has 1 aliphatic carbocycles. The van der Waals surface area contributed by atoms with Gasteiger partial charge in [-0.15, -0.1) is 11.6 Å². The summed E-state index contributed by atoms with van der Waals surface area (Å²) >= 11 is 6.25. The number of alkyl halides is 1. The van der Waals surface area contributed by atoms with Crippen LogP contribution in [-0.4, -0.2) is 43.5 Å². The van der Waals surface area contributed by atoms with Crippen molar-refractivity contribution < 1.29 is 0 Å². The number of nitrogens with one attached hydrogen (secondary N) is 1. The average Bonchev–Trinajstić information content (AvgIpc) is 2.15. The lowest BCUT2D eigenvalue weighted by molar-refractivity contribution is 0.353. The fraction of sp³-hybridized carbons (Fsp3) is 1.00. The van der Waals surface area contributed by atoms with Gasteiger partial charge in [0.15, 0.2) is 0 Å². The molecule has 2 nitrogen and oxygen atoms in total. The van der Waals surface area contributed by atoms with E-state index in [1.54, 1.807) is 0 Å². The second-order valence-corrected chi connectivity index (χ2v) is 5.08. The Morgan fingerprint density at radius 1 is 1.29 bits per heavy atom. The van der Waals surface area contributed by atoms with Gasteiger partial charge in [0.2, 0.25) is 0 Å². The molecular weight excluding hydrogens is 196 g/mol. The Kier molecular flexibility index (Phi) is 5.83. The quantitative estimate of drug-likeness (QED) is 0.562. The van der Waals surface area contributed by atoms with Crippen molar-refractivity contribution in [3.63, 3.8) is 0 Å². The van der Waals surface area contributed by atoms with E-state index in [4.69, 9.17) is 11.6 Å². The molecule has 1 fully saturated rings. The highest BCUT2D eigenvalue weighted by Crippen LogP contribution is 2.22. The van der Waals surface area contributed by atoms with Crippen LogP contribution in [-0.2, 0) is 0 Å². The molecule has 1 N–H and O–H groups in total. The van der Waals surface area contributed by atoms with E-state index in [0.29, 0.717) is 11.4 Å². The molecule has 2 atom stereocenters.